The van der Waals surface area contributed by atoms with Crippen molar-refractivity contribution in [2.24, 2.45) is 0 Å². The van der Waals surface area contributed by atoms with Gasteiger partial charge in [0.25, 0.3) is 11.8 Å². The normalized spacial score (nSPS) is 18.6. The number of nitrogens with zero attached hydrogens (tertiary/aromatic N) is 5. The smallest absolute Gasteiger partial charge is 0.252 e. The second kappa shape index (κ2) is 11.1. The number of halogens is 3. The molecule has 3 amide bonds. The van der Waals surface area contributed by atoms with Gasteiger partial charge in [0.1, 0.15) is 17.9 Å². The van der Waals surface area contributed by atoms with Crippen LogP contribution in [0, 0.1) is 11.3 Å². The first-order valence-corrected chi connectivity index (χ1v) is 13.9. The number of benzene rings is 2. The van der Waals surface area contributed by atoms with Crippen molar-refractivity contribution in [1.29, 1.82) is 5.26 Å². The van der Waals surface area contributed by atoms with E-state index in [9.17, 15) is 28.4 Å². The molecule has 2 aromatic carbocycles. The zero-order valence-corrected chi connectivity index (χ0v) is 23.3. The summed E-state index contributed by atoms with van der Waals surface area (Å²) in [4.78, 5) is 48.7. The molecule has 0 radical (unpaired) electrons. The molecule has 43 heavy (non-hydrogen) atoms. The second-order valence-corrected chi connectivity index (χ2v) is 11.0. The highest BCUT2D eigenvalue weighted by molar-refractivity contribution is 6.32. The molecule has 0 spiro atoms. The van der Waals surface area contributed by atoms with Crippen LogP contribution in [0.1, 0.15) is 42.9 Å². The molecule has 2 atom stereocenters. The van der Waals surface area contributed by atoms with Gasteiger partial charge in [-0.3, -0.25) is 29.3 Å². The topological polar surface area (TPSA) is 135 Å². The van der Waals surface area contributed by atoms with E-state index in [2.05, 4.69) is 20.5 Å². The fourth-order valence-corrected chi connectivity index (χ4v) is 5.91. The zero-order chi connectivity index (χ0) is 30.3. The first kappa shape index (κ1) is 28.2. The Balaban J connectivity index is 1.49. The first-order chi connectivity index (χ1) is 20.7. The van der Waals surface area contributed by atoms with Gasteiger partial charge in [0, 0.05) is 47.5 Å². The molecule has 1 saturated heterocycles. The lowest BCUT2D eigenvalue weighted by Crippen LogP contribution is -2.56. The van der Waals surface area contributed by atoms with Crippen LogP contribution in [0.5, 0.6) is 0 Å². The van der Waals surface area contributed by atoms with E-state index in [1.54, 1.807) is 42.5 Å². The number of anilines is 2. The number of nitrogens with one attached hydrogen (secondary N) is 2. The van der Waals surface area contributed by atoms with Crippen LogP contribution in [-0.4, -0.2) is 50.9 Å². The summed E-state index contributed by atoms with van der Waals surface area (Å²) < 4.78 is 27.4. The number of fused-ring (bicyclic) bond motifs is 1. The fraction of sp³-hybridized carbons (Fsp3) is 0.267. The molecule has 2 fully saturated rings. The van der Waals surface area contributed by atoms with Crippen LogP contribution in [0.15, 0.2) is 67.0 Å². The molecule has 1 aliphatic carbocycles. The van der Waals surface area contributed by atoms with Gasteiger partial charge < -0.3 is 5.32 Å². The van der Waals surface area contributed by atoms with Crippen molar-refractivity contribution < 1.29 is 23.2 Å². The number of carbonyl (C=O) groups excluding carboxylic acids is 3. The molecule has 2 N–H and O–H groups in total. The minimum absolute atomic E-state index is 0.0265. The highest BCUT2D eigenvalue weighted by Crippen LogP contribution is 2.41. The van der Waals surface area contributed by atoms with Crippen molar-refractivity contribution in [3.63, 3.8) is 0 Å². The summed E-state index contributed by atoms with van der Waals surface area (Å²) in [6, 6.07) is 13.2. The van der Waals surface area contributed by atoms with E-state index in [1.807, 2.05) is 6.07 Å². The largest absolute Gasteiger partial charge is 0.351 e. The first-order valence-electron chi connectivity index (χ1n) is 13.5. The molecule has 6 rings (SSSR count). The summed E-state index contributed by atoms with van der Waals surface area (Å²) in [5.74, 6) is -4.47. The summed E-state index contributed by atoms with van der Waals surface area (Å²) in [5, 5.41) is 19.7. The van der Waals surface area contributed by atoms with Gasteiger partial charge in [-0.2, -0.15) is 10.4 Å². The standard InChI is InChI=1S/C30H24ClF2N7O3/c31-21-5-2-1-4-19(21)27(28(42)37-18-13-30(32,33)14-18)40(23-7-3-6-22-20(23)16-36-38-22)29(43)24-8-9-26(41)39(24)25-12-17(15-34)10-11-35-25/h1-7,10-12,16,18,24,27H,8-9,13-14H2,(H,36,38)(H,37,42). The van der Waals surface area contributed by atoms with Crippen molar-refractivity contribution in [3.8, 4) is 6.07 Å². The van der Waals surface area contributed by atoms with Gasteiger partial charge in [0.05, 0.1) is 29.0 Å². The van der Waals surface area contributed by atoms with E-state index in [-0.39, 0.29) is 40.7 Å². The Bertz CT molecular complexity index is 1780. The maximum Gasteiger partial charge on any atom is 0.252 e. The maximum atomic E-state index is 14.8. The lowest BCUT2D eigenvalue weighted by atomic mass is 9.87. The van der Waals surface area contributed by atoms with Crippen LogP contribution in [0.3, 0.4) is 0 Å². The van der Waals surface area contributed by atoms with Gasteiger partial charge in [0.2, 0.25) is 11.8 Å². The number of hydrogen-bond acceptors (Lipinski definition) is 6. The van der Waals surface area contributed by atoms with Crippen molar-refractivity contribution in [2.45, 2.75) is 49.7 Å². The molecule has 2 unspecified atom stereocenters. The monoisotopic (exact) mass is 603 g/mol. The molecular formula is C30H24ClF2N7O3. The molecular weight excluding hydrogens is 580 g/mol. The molecule has 0 bridgehead atoms. The van der Waals surface area contributed by atoms with Crippen LogP contribution in [0.25, 0.3) is 10.9 Å². The van der Waals surface area contributed by atoms with E-state index in [1.165, 1.54) is 34.3 Å². The molecule has 2 aromatic heterocycles. The third-order valence-corrected chi connectivity index (χ3v) is 8.06. The average Bonchev–Trinajstić information content (AvgIpc) is 3.62. The minimum Gasteiger partial charge on any atom is -0.351 e. The van der Waals surface area contributed by atoms with Gasteiger partial charge in [-0.05, 0) is 36.8 Å². The second-order valence-electron chi connectivity index (χ2n) is 10.5. The SMILES string of the molecule is N#Cc1ccnc(N2C(=O)CCC2C(=O)N(c2cccc3[nH]ncc23)C(C(=O)NC2CC(F)(F)C2)c2ccccc2Cl)c1. The molecule has 10 nitrogen and oxygen atoms in total. The number of pyridine rings is 1. The number of amides is 3. The lowest BCUT2D eigenvalue weighted by molar-refractivity contribution is -0.133. The van der Waals surface area contributed by atoms with Crippen LogP contribution in [0.2, 0.25) is 5.02 Å². The molecule has 4 aromatic rings. The van der Waals surface area contributed by atoms with E-state index in [0.29, 0.717) is 16.6 Å². The third kappa shape index (κ3) is 5.28. The summed E-state index contributed by atoms with van der Waals surface area (Å²) in [5.41, 5.74) is 1.40. The number of nitriles is 1. The Hall–Kier alpha value is -4.89. The zero-order valence-electron chi connectivity index (χ0n) is 22.5. The highest BCUT2D eigenvalue weighted by atomic mass is 35.5. The number of hydrogen-bond donors (Lipinski definition) is 2. The van der Waals surface area contributed by atoms with Crippen molar-refractivity contribution in [2.75, 3.05) is 9.80 Å². The summed E-state index contributed by atoms with van der Waals surface area (Å²) in [6.07, 6.45) is 1.97. The molecule has 13 heteroatoms. The number of aromatic nitrogens is 3. The van der Waals surface area contributed by atoms with Gasteiger partial charge in [-0.25, -0.2) is 13.8 Å². The van der Waals surface area contributed by atoms with Crippen LogP contribution in [-0.2, 0) is 14.4 Å². The summed E-state index contributed by atoms with van der Waals surface area (Å²) in [7, 11) is 0. The van der Waals surface area contributed by atoms with E-state index >= 15 is 0 Å². The summed E-state index contributed by atoms with van der Waals surface area (Å²) in [6.45, 7) is 0. The van der Waals surface area contributed by atoms with Gasteiger partial charge in [-0.15, -0.1) is 0 Å². The maximum absolute atomic E-state index is 14.8. The van der Waals surface area contributed by atoms with Gasteiger partial charge in [0.15, 0.2) is 0 Å². The van der Waals surface area contributed by atoms with Crippen molar-refractivity contribution in [3.05, 3.63) is 83.1 Å². The minimum atomic E-state index is -2.88. The van der Waals surface area contributed by atoms with Crippen LogP contribution in [0.4, 0.5) is 20.3 Å². The molecule has 3 heterocycles. The Morgan fingerprint density at radius 2 is 1.98 bits per heavy atom. The molecule has 1 saturated carbocycles. The lowest BCUT2D eigenvalue weighted by Gasteiger charge is -2.39. The number of H-pyrrole nitrogens is 1. The fourth-order valence-electron chi connectivity index (χ4n) is 5.67. The van der Waals surface area contributed by atoms with Gasteiger partial charge >= 0.3 is 0 Å². The number of carbonyl (C=O) groups is 3. The van der Waals surface area contributed by atoms with E-state index in [0.717, 1.165) is 0 Å². The third-order valence-electron chi connectivity index (χ3n) is 7.72. The highest BCUT2D eigenvalue weighted by Gasteiger charge is 2.49. The van der Waals surface area contributed by atoms with Crippen LogP contribution < -0.4 is 15.1 Å². The van der Waals surface area contributed by atoms with Crippen molar-refractivity contribution in [1.82, 2.24) is 20.5 Å². The van der Waals surface area contributed by atoms with E-state index in [4.69, 9.17) is 11.6 Å². The Labute approximate surface area is 249 Å². The number of rotatable bonds is 7. The Morgan fingerprint density at radius 3 is 2.72 bits per heavy atom. The Morgan fingerprint density at radius 1 is 1.19 bits per heavy atom. The van der Waals surface area contributed by atoms with E-state index < -0.39 is 48.7 Å². The van der Waals surface area contributed by atoms with Crippen LogP contribution >= 0.6 is 11.6 Å². The quantitative estimate of drug-likeness (QED) is 0.315. The molecule has 218 valence electrons. The molecule has 1 aliphatic heterocycles. The Kier molecular flexibility index (Phi) is 7.27. The predicted octanol–water partition coefficient (Wildman–Crippen LogP) is 4.67. The van der Waals surface area contributed by atoms with Gasteiger partial charge in [-0.1, -0.05) is 35.9 Å². The molecule has 2 aliphatic rings. The number of alkyl halides is 2. The number of aromatic amines is 1. The predicted molar refractivity (Wildman–Crippen MR) is 153 cm³/mol. The summed E-state index contributed by atoms with van der Waals surface area (Å²) >= 11 is 6.61. The average molecular weight is 604 g/mol. The van der Waals surface area contributed by atoms with Crippen molar-refractivity contribution >= 4 is 51.7 Å².